The number of nitrogens with zero attached hydrogens (tertiary/aromatic N) is 4. The Labute approximate surface area is 141 Å². The molecule has 0 aliphatic carbocycles. The fourth-order valence-corrected chi connectivity index (χ4v) is 2.93. The van der Waals surface area contributed by atoms with Crippen molar-refractivity contribution >= 4 is 22.4 Å². The number of carbonyl (C=O) groups is 1. The van der Waals surface area contributed by atoms with Gasteiger partial charge in [-0.2, -0.15) is 0 Å². The van der Waals surface area contributed by atoms with Crippen molar-refractivity contribution in [1.82, 2.24) is 19.9 Å². The molecule has 0 saturated heterocycles. The highest BCUT2D eigenvalue weighted by Gasteiger charge is 2.19. The van der Waals surface area contributed by atoms with Gasteiger partial charge in [0.1, 0.15) is 5.82 Å². The van der Waals surface area contributed by atoms with Crippen molar-refractivity contribution in [2.75, 3.05) is 26.0 Å². The summed E-state index contributed by atoms with van der Waals surface area (Å²) in [7, 11) is 3.71. The van der Waals surface area contributed by atoms with Crippen LogP contribution in [0.15, 0.2) is 12.3 Å². The summed E-state index contributed by atoms with van der Waals surface area (Å²) in [5, 5.41) is 3.43. The number of thiazole rings is 1. The Morgan fingerprint density at radius 2 is 2.00 bits per heavy atom. The lowest BCUT2D eigenvalue weighted by Gasteiger charge is -2.16. The van der Waals surface area contributed by atoms with E-state index in [1.54, 1.807) is 6.20 Å². The Morgan fingerprint density at radius 3 is 2.61 bits per heavy atom. The van der Waals surface area contributed by atoms with Gasteiger partial charge in [-0.15, -0.1) is 0 Å². The second-order valence-corrected chi connectivity index (χ2v) is 7.73. The number of carbonyl (C=O) groups excluding carboxylic acids is 1. The molecule has 6 nitrogen and oxygen atoms in total. The topological polar surface area (TPSA) is 71.0 Å². The van der Waals surface area contributed by atoms with E-state index >= 15 is 0 Å². The molecule has 124 valence electrons. The summed E-state index contributed by atoms with van der Waals surface area (Å²) in [4.78, 5) is 28.1. The summed E-state index contributed by atoms with van der Waals surface area (Å²) in [6.07, 6.45) is 1.77. The largest absolute Gasteiger partial charge is 0.301 e. The average molecular weight is 333 g/mol. The molecular weight excluding hydrogens is 310 g/mol. The minimum atomic E-state index is -0.114. The monoisotopic (exact) mass is 333 g/mol. The molecule has 0 bridgehead atoms. The van der Waals surface area contributed by atoms with Crippen LogP contribution in [-0.4, -0.2) is 46.4 Å². The van der Waals surface area contributed by atoms with Crippen molar-refractivity contribution in [3.05, 3.63) is 23.8 Å². The zero-order valence-corrected chi connectivity index (χ0v) is 15.3. The molecule has 0 atom stereocenters. The van der Waals surface area contributed by atoms with E-state index in [-0.39, 0.29) is 11.3 Å². The lowest BCUT2D eigenvalue weighted by molar-refractivity contribution is -0.116. The summed E-state index contributed by atoms with van der Waals surface area (Å²) in [5.41, 5.74) is 1.58. The van der Waals surface area contributed by atoms with E-state index < -0.39 is 0 Å². The van der Waals surface area contributed by atoms with E-state index in [1.165, 1.54) is 11.3 Å². The van der Waals surface area contributed by atoms with Crippen molar-refractivity contribution in [3.8, 4) is 10.6 Å². The molecule has 1 N–H and O–H groups in total. The average Bonchev–Trinajstić information content (AvgIpc) is 2.77. The van der Waals surface area contributed by atoms with Crippen LogP contribution in [0.3, 0.4) is 0 Å². The van der Waals surface area contributed by atoms with Gasteiger partial charge in [0.25, 0.3) is 0 Å². The molecular formula is C16H23N5OS. The normalized spacial score (nSPS) is 11.8. The highest BCUT2D eigenvalue weighted by molar-refractivity contribution is 7.19. The van der Waals surface area contributed by atoms with E-state index in [0.717, 1.165) is 22.1 Å². The standard InChI is InChI=1S/C16H23N5OS/c1-10-13(11-7-8-17-14(19-11)16(2,3)4)23-15(18-10)20-12(22)9-21(5)6/h7-8H,9H2,1-6H3,(H,18,20,22). The molecule has 0 unspecified atom stereocenters. The maximum absolute atomic E-state index is 11.9. The quantitative estimate of drug-likeness (QED) is 0.931. The van der Waals surface area contributed by atoms with Crippen molar-refractivity contribution in [1.29, 1.82) is 0 Å². The molecule has 0 fully saturated rings. The van der Waals surface area contributed by atoms with E-state index in [1.807, 2.05) is 32.0 Å². The SMILES string of the molecule is Cc1nc(NC(=O)CN(C)C)sc1-c1ccnc(C(C)(C)C)n1. The lowest BCUT2D eigenvalue weighted by atomic mass is 9.95. The summed E-state index contributed by atoms with van der Waals surface area (Å²) in [6, 6.07) is 1.88. The van der Waals surface area contributed by atoms with Gasteiger partial charge in [-0.1, -0.05) is 32.1 Å². The molecule has 2 aromatic rings. The number of aryl methyl sites for hydroxylation is 1. The van der Waals surface area contributed by atoms with Crippen molar-refractivity contribution in [2.45, 2.75) is 33.1 Å². The van der Waals surface area contributed by atoms with E-state index in [4.69, 9.17) is 0 Å². The van der Waals surface area contributed by atoms with Crippen LogP contribution in [-0.2, 0) is 10.2 Å². The molecule has 2 heterocycles. The molecule has 0 aromatic carbocycles. The Kier molecular flexibility index (Phi) is 5.11. The summed E-state index contributed by atoms with van der Waals surface area (Å²) < 4.78 is 0. The smallest absolute Gasteiger partial charge is 0.240 e. The number of aromatic nitrogens is 3. The molecule has 2 aromatic heterocycles. The predicted octanol–water partition coefficient (Wildman–Crippen LogP) is 2.71. The Balaban J connectivity index is 2.26. The van der Waals surface area contributed by atoms with Gasteiger partial charge in [-0.3, -0.25) is 4.79 Å². The van der Waals surface area contributed by atoms with E-state index in [2.05, 4.69) is 41.0 Å². The van der Waals surface area contributed by atoms with Gasteiger partial charge in [0.2, 0.25) is 5.91 Å². The van der Waals surface area contributed by atoms with Crippen LogP contribution in [0.5, 0.6) is 0 Å². The second kappa shape index (κ2) is 6.72. The van der Waals surface area contributed by atoms with Gasteiger partial charge in [-0.25, -0.2) is 15.0 Å². The molecule has 0 aliphatic rings. The number of rotatable bonds is 4. The van der Waals surface area contributed by atoms with Crippen molar-refractivity contribution < 1.29 is 4.79 Å². The molecule has 23 heavy (non-hydrogen) atoms. The minimum absolute atomic E-state index is 0.0756. The maximum Gasteiger partial charge on any atom is 0.240 e. The fourth-order valence-electron chi connectivity index (χ4n) is 1.98. The first-order valence-electron chi connectivity index (χ1n) is 7.42. The summed E-state index contributed by atoms with van der Waals surface area (Å²) in [5.74, 6) is 0.717. The highest BCUT2D eigenvalue weighted by atomic mass is 32.1. The van der Waals surface area contributed by atoms with Gasteiger partial charge >= 0.3 is 0 Å². The highest BCUT2D eigenvalue weighted by Crippen LogP contribution is 2.32. The van der Waals surface area contributed by atoms with Gasteiger partial charge in [0.05, 0.1) is 22.8 Å². The van der Waals surface area contributed by atoms with E-state index in [9.17, 15) is 4.79 Å². The number of likely N-dealkylation sites (N-methyl/N-ethyl adjacent to an activating group) is 1. The molecule has 0 saturated carbocycles. The first-order valence-corrected chi connectivity index (χ1v) is 8.24. The molecule has 2 rings (SSSR count). The van der Waals surface area contributed by atoms with Crippen molar-refractivity contribution in [2.24, 2.45) is 0 Å². The van der Waals surface area contributed by atoms with Crippen molar-refractivity contribution in [3.63, 3.8) is 0 Å². The molecule has 0 spiro atoms. The van der Waals surface area contributed by atoms with Crippen LogP contribution < -0.4 is 5.32 Å². The number of hydrogen-bond acceptors (Lipinski definition) is 6. The zero-order valence-electron chi connectivity index (χ0n) is 14.5. The lowest BCUT2D eigenvalue weighted by Crippen LogP contribution is -2.26. The van der Waals surface area contributed by atoms with Crippen LogP contribution in [0.2, 0.25) is 0 Å². The number of hydrogen-bond donors (Lipinski definition) is 1. The van der Waals surface area contributed by atoms with Crippen LogP contribution in [0.4, 0.5) is 5.13 Å². The first kappa shape index (κ1) is 17.5. The molecule has 0 radical (unpaired) electrons. The first-order chi connectivity index (χ1) is 10.7. The Morgan fingerprint density at radius 1 is 1.30 bits per heavy atom. The minimum Gasteiger partial charge on any atom is -0.301 e. The van der Waals surface area contributed by atoms with Gasteiger partial charge in [0, 0.05) is 11.6 Å². The number of anilines is 1. The van der Waals surface area contributed by atoms with E-state index in [0.29, 0.717) is 11.7 Å². The van der Waals surface area contributed by atoms with Gasteiger partial charge in [-0.05, 0) is 27.1 Å². The fraction of sp³-hybridized carbons (Fsp3) is 0.500. The van der Waals surface area contributed by atoms with Crippen LogP contribution >= 0.6 is 11.3 Å². The summed E-state index contributed by atoms with van der Waals surface area (Å²) in [6.45, 7) is 8.50. The Hall–Kier alpha value is -1.86. The van der Waals surface area contributed by atoms with Crippen LogP contribution in [0.25, 0.3) is 10.6 Å². The van der Waals surface area contributed by atoms with Crippen LogP contribution in [0, 0.1) is 6.92 Å². The predicted molar refractivity (Wildman–Crippen MR) is 93.8 cm³/mol. The van der Waals surface area contributed by atoms with Gasteiger partial charge < -0.3 is 10.2 Å². The zero-order chi connectivity index (χ0) is 17.2. The van der Waals surface area contributed by atoms with Crippen LogP contribution in [0.1, 0.15) is 32.3 Å². The maximum atomic E-state index is 11.9. The second-order valence-electron chi connectivity index (χ2n) is 6.73. The third-order valence-corrected chi connectivity index (χ3v) is 4.16. The molecule has 1 amide bonds. The van der Waals surface area contributed by atoms with Gasteiger partial charge in [0.15, 0.2) is 5.13 Å². The third kappa shape index (κ3) is 4.56. The molecule has 7 heteroatoms. The third-order valence-electron chi connectivity index (χ3n) is 3.06. The number of nitrogens with one attached hydrogen (secondary N) is 1. The molecule has 0 aliphatic heterocycles. The Bertz CT molecular complexity index is 703. The summed E-state index contributed by atoms with van der Waals surface area (Å²) >= 11 is 1.44. The number of amides is 1.